The van der Waals surface area contributed by atoms with Crippen LogP contribution in [0.3, 0.4) is 0 Å². The lowest BCUT2D eigenvalue weighted by Gasteiger charge is -2.31. The average Bonchev–Trinajstić information content (AvgIpc) is 3.58. The molecule has 7 N–H and O–H groups in total. The molecule has 300 valence electrons. The van der Waals surface area contributed by atoms with E-state index in [4.69, 9.17) is 0 Å². The molecular weight excluding hydrogens is 694 g/mol. The van der Waals surface area contributed by atoms with E-state index in [1.165, 1.54) is 17.0 Å². The smallest absolute Gasteiger partial charge is 0.246 e. The quantitative estimate of drug-likeness (QED) is 0.195. The highest BCUT2D eigenvalue weighted by molar-refractivity contribution is 5.98. The maximum absolute atomic E-state index is 14.4. The summed E-state index contributed by atoms with van der Waals surface area (Å²) in [5, 5.41) is 26.4. The second kappa shape index (κ2) is 20.1. The van der Waals surface area contributed by atoms with Gasteiger partial charge in [-0.2, -0.15) is 0 Å². The molecule has 0 unspecified atom stereocenters. The summed E-state index contributed by atoms with van der Waals surface area (Å²) >= 11 is 0. The molecule has 54 heavy (non-hydrogen) atoms. The standard InChI is InChI=1S/C39H61N7O8/c1-21(2)16-27-34(49)40-20-32(48)45-33(24(7)8)38(53)43-29(18-23(5)6)35(50)41-28(17-22(3)4)36(51)44-30(19-25-11-13-26(47)14-12-25)39(54)46-15-9-10-31(46)37(52)42-27/h11-14,21-24,27-31,33,47H,9-10,15-20H2,1-8H3,(H,40,49)(H,41,50)(H,42,52)(H,43,53)(H,44,51)(H,45,48)/t27-,28-,29-,30-,31-,33-/m0/s1. The number of benzene rings is 1. The van der Waals surface area contributed by atoms with Gasteiger partial charge in [0, 0.05) is 13.0 Å². The molecule has 7 amide bonds. The van der Waals surface area contributed by atoms with Crippen LogP contribution in [0, 0.1) is 23.7 Å². The fourth-order valence-corrected chi connectivity index (χ4v) is 6.80. The van der Waals surface area contributed by atoms with Crippen LogP contribution in [0.15, 0.2) is 24.3 Å². The van der Waals surface area contributed by atoms with Crippen LogP contribution < -0.4 is 31.9 Å². The number of hydrogen-bond acceptors (Lipinski definition) is 8. The first kappa shape index (κ1) is 43.7. The van der Waals surface area contributed by atoms with Crippen molar-refractivity contribution in [3.63, 3.8) is 0 Å². The summed E-state index contributed by atoms with van der Waals surface area (Å²) in [6.07, 6.45) is 1.58. The molecule has 0 bridgehead atoms. The van der Waals surface area contributed by atoms with Crippen LogP contribution in [0.2, 0.25) is 0 Å². The van der Waals surface area contributed by atoms with Gasteiger partial charge in [-0.3, -0.25) is 33.6 Å². The predicted molar refractivity (Wildman–Crippen MR) is 202 cm³/mol. The number of hydrogen-bond donors (Lipinski definition) is 7. The number of phenols is 1. The van der Waals surface area contributed by atoms with Gasteiger partial charge in [0.05, 0.1) is 6.54 Å². The highest BCUT2D eigenvalue weighted by Gasteiger charge is 2.40. The zero-order valence-corrected chi connectivity index (χ0v) is 33.0. The third-order valence-electron chi connectivity index (χ3n) is 9.54. The van der Waals surface area contributed by atoms with E-state index < -0.39 is 84.1 Å². The van der Waals surface area contributed by atoms with Crippen LogP contribution in [-0.4, -0.2) is 101 Å². The molecule has 2 saturated heterocycles. The van der Waals surface area contributed by atoms with Crippen molar-refractivity contribution in [2.75, 3.05) is 13.1 Å². The van der Waals surface area contributed by atoms with Crippen LogP contribution in [0.1, 0.15) is 93.1 Å². The van der Waals surface area contributed by atoms with Gasteiger partial charge in [-0.25, -0.2) is 0 Å². The molecule has 15 nitrogen and oxygen atoms in total. The lowest BCUT2D eigenvalue weighted by atomic mass is 9.98. The van der Waals surface area contributed by atoms with Gasteiger partial charge in [0.25, 0.3) is 0 Å². The molecule has 2 heterocycles. The van der Waals surface area contributed by atoms with Gasteiger partial charge >= 0.3 is 0 Å². The van der Waals surface area contributed by atoms with E-state index in [9.17, 15) is 38.7 Å². The first-order valence-electron chi connectivity index (χ1n) is 19.2. The van der Waals surface area contributed by atoms with Crippen LogP contribution in [-0.2, 0) is 40.0 Å². The topological polar surface area (TPSA) is 215 Å². The minimum Gasteiger partial charge on any atom is -0.508 e. The van der Waals surface area contributed by atoms with Gasteiger partial charge in [0.2, 0.25) is 41.4 Å². The number of aromatic hydroxyl groups is 1. The Balaban J connectivity index is 2.09. The Hall–Kier alpha value is -4.69. The van der Waals surface area contributed by atoms with Crippen molar-refractivity contribution in [3.8, 4) is 5.75 Å². The van der Waals surface area contributed by atoms with Gasteiger partial charge in [-0.15, -0.1) is 0 Å². The van der Waals surface area contributed by atoms with Crippen molar-refractivity contribution in [3.05, 3.63) is 29.8 Å². The van der Waals surface area contributed by atoms with E-state index in [-0.39, 0.29) is 61.6 Å². The lowest BCUT2D eigenvalue weighted by Crippen LogP contribution is -2.60. The van der Waals surface area contributed by atoms with Gasteiger partial charge in [0.15, 0.2) is 0 Å². The minimum atomic E-state index is -1.15. The number of carbonyl (C=O) groups is 7. The van der Waals surface area contributed by atoms with Crippen LogP contribution in [0.5, 0.6) is 5.75 Å². The number of nitrogens with one attached hydrogen (secondary N) is 6. The van der Waals surface area contributed by atoms with E-state index >= 15 is 0 Å². The van der Waals surface area contributed by atoms with Crippen molar-refractivity contribution < 1.29 is 38.7 Å². The number of phenolic OH excluding ortho intramolecular Hbond substituents is 1. The minimum absolute atomic E-state index is 0.0153. The highest BCUT2D eigenvalue weighted by Crippen LogP contribution is 2.22. The molecule has 6 atom stereocenters. The molecule has 0 saturated carbocycles. The Morgan fingerprint density at radius 3 is 1.63 bits per heavy atom. The summed E-state index contributed by atoms with van der Waals surface area (Å²) in [6, 6.07) is -0.0707. The van der Waals surface area contributed by atoms with Crippen molar-refractivity contribution >= 4 is 41.4 Å². The van der Waals surface area contributed by atoms with Crippen LogP contribution in [0.25, 0.3) is 0 Å². The number of carbonyl (C=O) groups excluding carboxylic acids is 7. The number of nitrogens with zero attached hydrogens (tertiary/aromatic N) is 1. The molecular formula is C39H61N7O8. The molecule has 0 spiro atoms. The van der Waals surface area contributed by atoms with Crippen molar-refractivity contribution in [1.82, 2.24) is 36.8 Å². The van der Waals surface area contributed by atoms with Crippen molar-refractivity contribution in [2.24, 2.45) is 23.7 Å². The largest absolute Gasteiger partial charge is 0.508 e. The molecule has 15 heteroatoms. The number of rotatable bonds is 9. The molecule has 3 rings (SSSR count). The van der Waals surface area contributed by atoms with Crippen molar-refractivity contribution in [1.29, 1.82) is 0 Å². The molecule has 2 fully saturated rings. The molecule has 2 aliphatic rings. The van der Waals surface area contributed by atoms with E-state index in [0.717, 1.165) is 0 Å². The summed E-state index contributed by atoms with van der Waals surface area (Å²) in [5.41, 5.74) is 0.637. The monoisotopic (exact) mass is 755 g/mol. The fourth-order valence-electron chi connectivity index (χ4n) is 6.80. The van der Waals surface area contributed by atoms with Gasteiger partial charge in [-0.1, -0.05) is 67.5 Å². The highest BCUT2D eigenvalue weighted by atomic mass is 16.3. The van der Waals surface area contributed by atoms with E-state index in [2.05, 4.69) is 31.9 Å². The van der Waals surface area contributed by atoms with Crippen LogP contribution in [0.4, 0.5) is 0 Å². The molecule has 0 aliphatic carbocycles. The normalized spacial score (nSPS) is 25.8. The van der Waals surface area contributed by atoms with E-state index in [1.54, 1.807) is 26.0 Å². The first-order valence-corrected chi connectivity index (χ1v) is 19.2. The summed E-state index contributed by atoms with van der Waals surface area (Å²) < 4.78 is 0. The summed E-state index contributed by atoms with van der Waals surface area (Å²) in [7, 11) is 0. The number of amides is 7. The summed E-state index contributed by atoms with van der Waals surface area (Å²) in [4.78, 5) is 97.8. The Kier molecular flexibility index (Phi) is 16.3. The molecule has 0 radical (unpaired) electrons. The maximum Gasteiger partial charge on any atom is 0.246 e. The lowest BCUT2D eigenvalue weighted by molar-refractivity contribution is -0.142. The van der Waals surface area contributed by atoms with Gasteiger partial charge in [-0.05, 0) is 73.5 Å². The fraction of sp³-hybridized carbons (Fsp3) is 0.667. The molecule has 2 aliphatic heterocycles. The second-order valence-corrected chi connectivity index (χ2v) is 16.2. The zero-order valence-electron chi connectivity index (χ0n) is 33.0. The Labute approximate surface area is 318 Å². The first-order chi connectivity index (χ1) is 25.4. The Morgan fingerprint density at radius 2 is 1.11 bits per heavy atom. The summed E-state index contributed by atoms with van der Waals surface area (Å²) in [5.74, 6) is -4.57. The Bertz CT molecular complexity index is 1500. The maximum atomic E-state index is 14.4. The Morgan fingerprint density at radius 1 is 0.630 bits per heavy atom. The van der Waals surface area contributed by atoms with E-state index in [0.29, 0.717) is 18.4 Å². The zero-order chi connectivity index (χ0) is 40.3. The third kappa shape index (κ3) is 13.0. The van der Waals surface area contributed by atoms with Gasteiger partial charge in [0.1, 0.15) is 42.0 Å². The van der Waals surface area contributed by atoms with E-state index in [1.807, 2.05) is 41.5 Å². The third-order valence-corrected chi connectivity index (χ3v) is 9.54. The van der Waals surface area contributed by atoms with Crippen LogP contribution >= 0.6 is 0 Å². The molecule has 1 aromatic carbocycles. The second-order valence-electron chi connectivity index (χ2n) is 16.2. The average molecular weight is 756 g/mol. The SMILES string of the molecule is CC(C)C[C@@H]1NC(=O)[C@H](CC(C)C)NC(=O)[C@H](C(C)C)NC(=O)CNC(=O)[C@H](CC(C)C)NC(=O)[C@@H]2CCCN2C(=O)[C@H](Cc2ccc(O)cc2)NC1=O. The molecule has 0 aromatic heterocycles. The molecule has 1 aromatic rings. The van der Waals surface area contributed by atoms with Crippen molar-refractivity contribution in [2.45, 2.75) is 130 Å². The summed E-state index contributed by atoms with van der Waals surface area (Å²) in [6.45, 7) is 14.6. The number of fused-ring (bicyclic) bond motifs is 1. The predicted octanol–water partition coefficient (Wildman–Crippen LogP) is 1.27. The van der Waals surface area contributed by atoms with Gasteiger partial charge < -0.3 is 41.9 Å².